The molecule has 0 N–H and O–H groups in total. The fourth-order valence-corrected chi connectivity index (χ4v) is 2.80. The molecule has 0 aliphatic heterocycles. The Hall–Kier alpha value is -0.630. The molecule has 0 spiro atoms. The van der Waals surface area contributed by atoms with Gasteiger partial charge in [0.15, 0.2) is 0 Å². The maximum Gasteiger partial charge on any atom is 0.133 e. The molecule has 0 saturated carbocycles. The molecule has 0 bridgehead atoms. The first-order chi connectivity index (χ1) is 7.04. The molecule has 0 aromatic carbocycles. The molecule has 1 aromatic rings. The van der Waals surface area contributed by atoms with Crippen molar-refractivity contribution in [1.82, 2.24) is 0 Å². The highest BCUT2D eigenvalue weighted by Gasteiger charge is 2.19. The zero-order valence-electron chi connectivity index (χ0n) is 10.0. The number of carbonyl (C=O) groups is 1. The molecule has 0 aliphatic rings. The third-order valence-electron chi connectivity index (χ3n) is 2.81. The second-order valence-corrected chi connectivity index (χ2v) is 5.64. The van der Waals surface area contributed by atoms with Gasteiger partial charge < -0.3 is 0 Å². The van der Waals surface area contributed by atoms with Crippen molar-refractivity contribution in [3.05, 3.63) is 21.9 Å². The van der Waals surface area contributed by atoms with Gasteiger partial charge in [-0.1, -0.05) is 20.8 Å². The third-order valence-corrected chi connectivity index (χ3v) is 4.07. The van der Waals surface area contributed by atoms with Crippen LogP contribution in [0.2, 0.25) is 0 Å². The minimum atomic E-state index is 0.188. The Balaban J connectivity index is 2.69. The van der Waals surface area contributed by atoms with Gasteiger partial charge in [-0.05, 0) is 37.8 Å². The van der Waals surface area contributed by atoms with Crippen molar-refractivity contribution in [2.24, 2.45) is 11.8 Å². The second-order valence-electron chi connectivity index (χ2n) is 4.39. The highest BCUT2D eigenvalue weighted by Crippen LogP contribution is 2.24. The summed E-state index contributed by atoms with van der Waals surface area (Å²) in [6, 6.07) is 4.35. The van der Waals surface area contributed by atoms with E-state index in [4.69, 9.17) is 0 Å². The minimum absolute atomic E-state index is 0.188. The van der Waals surface area contributed by atoms with Crippen molar-refractivity contribution in [2.75, 3.05) is 0 Å². The average Bonchev–Trinajstić information content (AvgIpc) is 2.60. The molecule has 0 radical (unpaired) electrons. The van der Waals surface area contributed by atoms with Crippen molar-refractivity contribution in [2.45, 2.75) is 40.5 Å². The topological polar surface area (TPSA) is 17.1 Å². The second kappa shape index (κ2) is 5.45. The number of carbonyl (C=O) groups excluding carboxylic acids is 1. The van der Waals surface area contributed by atoms with Crippen LogP contribution in [0, 0.1) is 11.8 Å². The van der Waals surface area contributed by atoms with Crippen molar-refractivity contribution < 1.29 is 4.79 Å². The number of Topliss-reactive ketones (excluding diaryl/α,β-unsaturated/α-hetero) is 1. The SMILES string of the molecule is CCc1ccc(CC(C(C)=O)C(C)C)s1. The summed E-state index contributed by atoms with van der Waals surface area (Å²) in [6.45, 7) is 8.13. The fraction of sp³-hybridized carbons (Fsp3) is 0.615. The zero-order chi connectivity index (χ0) is 11.4. The van der Waals surface area contributed by atoms with E-state index in [1.54, 1.807) is 6.92 Å². The molecule has 0 amide bonds. The Morgan fingerprint density at radius 3 is 2.33 bits per heavy atom. The Bertz CT molecular complexity index is 325. The molecule has 1 unspecified atom stereocenters. The zero-order valence-corrected chi connectivity index (χ0v) is 10.9. The van der Waals surface area contributed by atoms with Gasteiger partial charge >= 0.3 is 0 Å². The molecule has 1 heterocycles. The van der Waals surface area contributed by atoms with E-state index in [9.17, 15) is 4.79 Å². The van der Waals surface area contributed by atoms with Crippen molar-refractivity contribution >= 4 is 17.1 Å². The van der Waals surface area contributed by atoms with E-state index in [-0.39, 0.29) is 5.92 Å². The number of ketones is 1. The van der Waals surface area contributed by atoms with Gasteiger partial charge in [-0.2, -0.15) is 0 Å². The quantitative estimate of drug-likeness (QED) is 0.745. The highest BCUT2D eigenvalue weighted by atomic mass is 32.1. The smallest absolute Gasteiger partial charge is 0.133 e. The van der Waals surface area contributed by atoms with Crippen LogP contribution in [0.3, 0.4) is 0 Å². The van der Waals surface area contributed by atoms with Gasteiger partial charge in [0.25, 0.3) is 0 Å². The number of aryl methyl sites for hydroxylation is 1. The summed E-state index contributed by atoms with van der Waals surface area (Å²) in [4.78, 5) is 14.2. The van der Waals surface area contributed by atoms with E-state index in [2.05, 4.69) is 32.9 Å². The Morgan fingerprint density at radius 2 is 1.93 bits per heavy atom. The summed E-state index contributed by atoms with van der Waals surface area (Å²) in [5.74, 6) is 0.944. The lowest BCUT2D eigenvalue weighted by Crippen LogP contribution is -2.19. The van der Waals surface area contributed by atoms with Crippen LogP contribution < -0.4 is 0 Å². The predicted molar refractivity (Wildman–Crippen MR) is 66.4 cm³/mol. The fourth-order valence-electron chi connectivity index (χ4n) is 1.79. The summed E-state index contributed by atoms with van der Waals surface area (Å²) in [7, 11) is 0. The van der Waals surface area contributed by atoms with E-state index in [1.165, 1.54) is 9.75 Å². The maximum atomic E-state index is 11.5. The normalized spacial score (nSPS) is 13.1. The number of hydrogen-bond donors (Lipinski definition) is 0. The highest BCUT2D eigenvalue weighted by molar-refractivity contribution is 7.12. The molecule has 1 rings (SSSR count). The largest absolute Gasteiger partial charge is 0.300 e. The maximum absolute atomic E-state index is 11.5. The van der Waals surface area contributed by atoms with Crippen molar-refractivity contribution in [3.63, 3.8) is 0 Å². The van der Waals surface area contributed by atoms with E-state index in [0.717, 1.165) is 12.8 Å². The minimum Gasteiger partial charge on any atom is -0.300 e. The summed E-state index contributed by atoms with van der Waals surface area (Å²) < 4.78 is 0. The van der Waals surface area contributed by atoms with Crippen LogP contribution >= 0.6 is 11.3 Å². The third kappa shape index (κ3) is 3.45. The first-order valence-electron chi connectivity index (χ1n) is 5.62. The van der Waals surface area contributed by atoms with E-state index >= 15 is 0 Å². The molecule has 0 aliphatic carbocycles. The molecule has 1 aromatic heterocycles. The van der Waals surface area contributed by atoms with Crippen LogP contribution in [0.5, 0.6) is 0 Å². The van der Waals surface area contributed by atoms with Crippen LogP contribution in [0.4, 0.5) is 0 Å². The molecule has 84 valence electrons. The number of rotatable bonds is 5. The lowest BCUT2D eigenvalue weighted by atomic mass is 9.89. The van der Waals surface area contributed by atoms with Crippen molar-refractivity contribution in [3.8, 4) is 0 Å². The van der Waals surface area contributed by atoms with Crippen LogP contribution in [0.15, 0.2) is 12.1 Å². The molecular weight excluding hydrogens is 204 g/mol. The molecular formula is C13H20OS. The molecule has 0 fully saturated rings. The summed E-state index contributed by atoms with van der Waals surface area (Å²) in [5.41, 5.74) is 0. The van der Waals surface area contributed by atoms with Gasteiger partial charge in [0.05, 0.1) is 0 Å². The molecule has 1 nitrogen and oxygen atoms in total. The number of hydrogen-bond acceptors (Lipinski definition) is 2. The van der Waals surface area contributed by atoms with E-state index in [0.29, 0.717) is 11.7 Å². The average molecular weight is 224 g/mol. The Kier molecular flexibility index (Phi) is 4.52. The predicted octanol–water partition coefficient (Wildman–Crippen LogP) is 3.71. The van der Waals surface area contributed by atoms with Crippen LogP contribution in [0.25, 0.3) is 0 Å². The first-order valence-corrected chi connectivity index (χ1v) is 6.44. The van der Waals surface area contributed by atoms with Crippen molar-refractivity contribution in [1.29, 1.82) is 0 Å². The van der Waals surface area contributed by atoms with Gasteiger partial charge in [-0.15, -0.1) is 11.3 Å². The van der Waals surface area contributed by atoms with Gasteiger partial charge in [0.2, 0.25) is 0 Å². The van der Waals surface area contributed by atoms with Gasteiger partial charge in [-0.25, -0.2) is 0 Å². The van der Waals surface area contributed by atoms with Crippen LogP contribution in [-0.4, -0.2) is 5.78 Å². The summed E-state index contributed by atoms with van der Waals surface area (Å²) >= 11 is 1.84. The lowest BCUT2D eigenvalue weighted by molar-refractivity contribution is -0.121. The standard InChI is InChI=1S/C13H20OS/c1-5-11-6-7-12(15-11)8-13(9(2)3)10(4)14/h6-7,9,13H,5,8H2,1-4H3. The van der Waals surface area contributed by atoms with E-state index in [1.807, 2.05) is 11.3 Å². The molecule has 2 heteroatoms. The molecule has 0 saturated heterocycles. The van der Waals surface area contributed by atoms with E-state index < -0.39 is 0 Å². The molecule has 15 heavy (non-hydrogen) atoms. The summed E-state index contributed by atoms with van der Waals surface area (Å²) in [5, 5.41) is 0. The van der Waals surface area contributed by atoms with Crippen LogP contribution in [0.1, 0.15) is 37.4 Å². The summed E-state index contributed by atoms with van der Waals surface area (Å²) in [6.07, 6.45) is 2.01. The van der Waals surface area contributed by atoms with Gasteiger partial charge in [-0.3, -0.25) is 4.79 Å². The van der Waals surface area contributed by atoms with Gasteiger partial charge in [0, 0.05) is 15.7 Å². The molecule has 1 atom stereocenters. The lowest BCUT2D eigenvalue weighted by Gasteiger charge is -2.16. The monoisotopic (exact) mass is 224 g/mol. The first kappa shape index (κ1) is 12.4. The Labute approximate surface area is 96.5 Å². The van der Waals surface area contributed by atoms with Crippen LogP contribution in [-0.2, 0) is 17.6 Å². The van der Waals surface area contributed by atoms with Gasteiger partial charge in [0.1, 0.15) is 5.78 Å². The number of thiophene rings is 1. The Morgan fingerprint density at radius 1 is 1.33 bits per heavy atom.